The van der Waals surface area contributed by atoms with Crippen LogP contribution in [0.4, 0.5) is 0 Å². The van der Waals surface area contributed by atoms with Crippen LogP contribution in [0.3, 0.4) is 0 Å². The maximum atomic E-state index is 12.6. The molecule has 0 aliphatic carbocycles. The Hall–Kier alpha value is -2.53. The molecule has 0 bridgehead atoms. The van der Waals surface area contributed by atoms with Crippen molar-refractivity contribution in [1.29, 1.82) is 0 Å². The molecule has 146 valence electrons. The summed E-state index contributed by atoms with van der Waals surface area (Å²) < 4.78 is 11.4. The second-order valence-electron chi connectivity index (χ2n) is 7.59. The second kappa shape index (κ2) is 9.97. The average molecular weight is 370 g/mol. The molecule has 0 aromatic heterocycles. The molecule has 0 saturated heterocycles. The van der Waals surface area contributed by atoms with Crippen molar-refractivity contribution < 1.29 is 14.3 Å². The predicted molar refractivity (Wildman–Crippen MR) is 109 cm³/mol. The molecule has 0 radical (unpaired) electrons. The number of hydrogen-bond acceptors (Lipinski definition) is 4. The average Bonchev–Trinajstić information content (AvgIpc) is 2.63. The van der Waals surface area contributed by atoms with Crippen molar-refractivity contribution >= 4 is 5.91 Å². The molecule has 0 aliphatic heterocycles. The van der Waals surface area contributed by atoms with E-state index in [0.717, 1.165) is 12.3 Å². The zero-order valence-corrected chi connectivity index (χ0v) is 16.7. The van der Waals surface area contributed by atoms with Crippen LogP contribution in [0.25, 0.3) is 0 Å². The topological polar surface area (TPSA) is 50.8 Å². The number of carbonyl (C=O) groups excluding carboxylic acids is 1. The fourth-order valence-electron chi connectivity index (χ4n) is 2.93. The van der Waals surface area contributed by atoms with Crippen molar-refractivity contribution in [3.63, 3.8) is 0 Å². The molecular weight excluding hydrogens is 340 g/mol. The van der Waals surface area contributed by atoms with Gasteiger partial charge in [-0.25, -0.2) is 0 Å². The second-order valence-corrected chi connectivity index (χ2v) is 7.59. The molecule has 27 heavy (non-hydrogen) atoms. The van der Waals surface area contributed by atoms with E-state index < -0.39 is 0 Å². The van der Waals surface area contributed by atoms with Crippen molar-refractivity contribution in [1.82, 2.24) is 10.2 Å². The number of para-hydroxylation sites is 2. The molecule has 1 amide bonds. The molecular formula is C22H30N2O3. The van der Waals surface area contributed by atoms with E-state index in [0.29, 0.717) is 31.1 Å². The quantitative estimate of drug-likeness (QED) is 0.651. The highest BCUT2D eigenvalue weighted by atomic mass is 16.5. The number of nitrogens with one attached hydrogen (secondary N) is 1. The Morgan fingerprint density at radius 2 is 1.59 bits per heavy atom. The van der Waals surface area contributed by atoms with Crippen molar-refractivity contribution in [2.75, 3.05) is 40.4 Å². The van der Waals surface area contributed by atoms with Crippen molar-refractivity contribution in [2.24, 2.45) is 5.41 Å². The van der Waals surface area contributed by atoms with Gasteiger partial charge in [0.1, 0.15) is 24.7 Å². The lowest BCUT2D eigenvalue weighted by Crippen LogP contribution is -2.40. The Morgan fingerprint density at radius 3 is 2.30 bits per heavy atom. The maximum absolute atomic E-state index is 12.6. The number of amides is 1. The largest absolute Gasteiger partial charge is 0.490 e. The van der Waals surface area contributed by atoms with E-state index in [-0.39, 0.29) is 11.3 Å². The predicted octanol–water partition coefficient (Wildman–Crippen LogP) is 3.46. The zero-order valence-electron chi connectivity index (χ0n) is 16.7. The van der Waals surface area contributed by atoms with Gasteiger partial charge in [-0.1, -0.05) is 44.2 Å². The van der Waals surface area contributed by atoms with E-state index in [4.69, 9.17) is 9.47 Å². The van der Waals surface area contributed by atoms with E-state index in [2.05, 4.69) is 24.1 Å². The first-order chi connectivity index (χ1) is 12.9. The molecule has 0 heterocycles. The van der Waals surface area contributed by atoms with Crippen molar-refractivity contribution in [3.05, 3.63) is 60.2 Å². The van der Waals surface area contributed by atoms with E-state index in [1.165, 1.54) is 0 Å². The SMILES string of the molecule is CN(C)CC(C)(C)CNC(=O)c1ccccc1OCCOc1ccccc1. The Labute approximate surface area is 162 Å². The summed E-state index contributed by atoms with van der Waals surface area (Å²) >= 11 is 0. The van der Waals surface area contributed by atoms with E-state index in [9.17, 15) is 4.79 Å². The first kappa shape index (κ1) is 20.8. The summed E-state index contributed by atoms with van der Waals surface area (Å²) in [4.78, 5) is 14.7. The first-order valence-corrected chi connectivity index (χ1v) is 9.20. The van der Waals surface area contributed by atoms with Crippen LogP contribution in [-0.2, 0) is 0 Å². The molecule has 2 rings (SSSR count). The van der Waals surface area contributed by atoms with Crippen LogP contribution in [-0.4, -0.2) is 51.2 Å². The first-order valence-electron chi connectivity index (χ1n) is 9.20. The van der Waals surface area contributed by atoms with Crippen molar-refractivity contribution in [2.45, 2.75) is 13.8 Å². The van der Waals surface area contributed by atoms with Crippen LogP contribution in [0.5, 0.6) is 11.5 Å². The minimum atomic E-state index is -0.124. The highest BCUT2D eigenvalue weighted by Crippen LogP contribution is 2.19. The molecule has 0 spiro atoms. The van der Waals surface area contributed by atoms with Gasteiger partial charge in [0, 0.05) is 13.1 Å². The van der Waals surface area contributed by atoms with Gasteiger partial charge < -0.3 is 19.7 Å². The lowest BCUT2D eigenvalue weighted by Gasteiger charge is -2.28. The molecule has 0 saturated carbocycles. The molecule has 0 fully saturated rings. The monoisotopic (exact) mass is 370 g/mol. The smallest absolute Gasteiger partial charge is 0.255 e. The van der Waals surface area contributed by atoms with Crippen LogP contribution in [0.1, 0.15) is 24.2 Å². The zero-order chi connectivity index (χ0) is 19.7. The Balaban J connectivity index is 1.87. The highest BCUT2D eigenvalue weighted by Gasteiger charge is 2.21. The van der Waals surface area contributed by atoms with Gasteiger partial charge in [0.15, 0.2) is 0 Å². The van der Waals surface area contributed by atoms with Gasteiger partial charge in [0.25, 0.3) is 5.91 Å². The number of nitrogens with zero attached hydrogens (tertiary/aromatic N) is 1. The minimum absolute atomic E-state index is 0.0154. The fourth-order valence-corrected chi connectivity index (χ4v) is 2.93. The molecule has 0 unspecified atom stereocenters. The number of ether oxygens (including phenoxy) is 2. The summed E-state index contributed by atoms with van der Waals surface area (Å²) in [7, 11) is 4.06. The van der Waals surface area contributed by atoms with E-state index in [1.54, 1.807) is 6.07 Å². The molecule has 5 nitrogen and oxygen atoms in total. The summed E-state index contributed by atoms with van der Waals surface area (Å²) in [6.07, 6.45) is 0. The molecule has 0 atom stereocenters. The Kier molecular flexibility index (Phi) is 7.67. The standard InChI is InChI=1S/C22H30N2O3/c1-22(2,17-24(3)4)16-23-21(25)19-12-8-9-13-20(19)27-15-14-26-18-10-6-5-7-11-18/h5-13H,14-17H2,1-4H3,(H,23,25). The molecule has 2 aromatic rings. The van der Waals surface area contributed by atoms with Gasteiger partial charge in [-0.3, -0.25) is 4.79 Å². The van der Waals surface area contributed by atoms with Crippen LogP contribution in [0.15, 0.2) is 54.6 Å². The number of carbonyl (C=O) groups is 1. The van der Waals surface area contributed by atoms with Crippen LogP contribution in [0, 0.1) is 5.41 Å². The van der Waals surface area contributed by atoms with Crippen LogP contribution >= 0.6 is 0 Å². The van der Waals surface area contributed by atoms with E-state index >= 15 is 0 Å². The van der Waals surface area contributed by atoms with Gasteiger partial charge in [-0.2, -0.15) is 0 Å². The summed E-state index contributed by atoms with van der Waals surface area (Å²) in [6, 6.07) is 16.9. The Morgan fingerprint density at radius 1 is 0.963 bits per heavy atom. The van der Waals surface area contributed by atoms with Gasteiger partial charge >= 0.3 is 0 Å². The highest BCUT2D eigenvalue weighted by molar-refractivity contribution is 5.96. The van der Waals surface area contributed by atoms with Gasteiger partial charge in [-0.05, 0) is 43.8 Å². The molecule has 0 aliphatic rings. The summed E-state index contributed by atoms with van der Waals surface area (Å²) in [5.74, 6) is 1.24. The lowest BCUT2D eigenvalue weighted by molar-refractivity contribution is 0.0924. The lowest BCUT2D eigenvalue weighted by atomic mass is 9.93. The Bertz CT molecular complexity index is 715. The molecule has 2 aromatic carbocycles. The van der Waals surface area contributed by atoms with Gasteiger partial charge in [-0.15, -0.1) is 0 Å². The summed E-state index contributed by atoms with van der Waals surface area (Å²) in [5, 5.41) is 3.02. The number of hydrogen-bond donors (Lipinski definition) is 1. The third kappa shape index (κ3) is 7.31. The number of benzene rings is 2. The third-order valence-corrected chi connectivity index (χ3v) is 3.96. The van der Waals surface area contributed by atoms with Gasteiger partial charge in [0.2, 0.25) is 0 Å². The molecule has 1 N–H and O–H groups in total. The molecule has 5 heteroatoms. The fraction of sp³-hybridized carbons (Fsp3) is 0.409. The van der Waals surface area contributed by atoms with Gasteiger partial charge in [0.05, 0.1) is 5.56 Å². The normalized spacial score (nSPS) is 11.3. The van der Waals surface area contributed by atoms with Crippen LogP contribution in [0.2, 0.25) is 0 Å². The maximum Gasteiger partial charge on any atom is 0.255 e. The van der Waals surface area contributed by atoms with E-state index in [1.807, 2.05) is 62.6 Å². The van der Waals surface area contributed by atoms with Crippen LogP contribution < -0.4 is 14.8 Å². The summed E-state index contributed by atoms with van der Waals surface area (Å²) in [6.45, 7) is 6.53. The third-order valence-electron chi connectivity index (χ3n) is 3.96. The minimum Gasteiger partial charge on any atom is -0.490 e. The number of rotatable bonds is 10. The van der Waals surface area contributed by atoms with Crippen molar-refractivity contribution in [3.8, 4) is 11.5 Å². The summed E-state index contributed by atoms with van der Waals surface area (Å²) in [5.41, 5.74) is 0.524.